The number of hydrogen-bond donors (Lipinski definition) is 5. The largest absolute Gasteiger partial charge is 0.508 e. The first-order valence-electron chi connectivity index (χ1n) is 15.6. The standard InChI is InChI=1S/C20H12O5.C16H26FN3O6/c21-11-5-7-15-17(9-11)25-18-10-12(22)6-8-16(18)19(15)13-3-1-2-4-14(13)20(23)24;1-8(2)14(19-10(4)21)16(25)18-9(3)15(24)20-11(12(22)7-17)6-13(23)26-5/h1-10,21H,(H,23,24);8-9,11,14H,6-7H2,1-5H3,(H,18,25)(H,19,21)(H,20,24). The van der Waals surface area contributed by atoms with Crippen LogP contribution in [-0.2, 0) is 28.7 Å². The number of benzene rings is 3. The summed E-state index contributed by atoms with van der Waals surface area (Å²) in [5.41, 5.74) is 2.10. The summed E-state index contributed by atoms with van der Waals surface area (Å²) in [5.74, 6) is -4.46. The third kappa shape index (κ3) is 10.2. The molecule has 0 spiro atoms. The molecule has 2 aliphatic rings. The van der Waals surface area contributed by atoms with Crippen LogP contribution in [-0.4, -0.2) is 77.6 Å². The van der Waals surface area contributed by atoms with Gasteiger partial charge in [-0.15, -0.1) is 0 Å². The van der Waals surface area contributed by atoms with Crippen LogP contribution in [0, 0.1) is 5.92 Å². The Labute approximate surface area is 291 Å². The quantitative estimate of drug-likeness (QED) is 0.106. The number of hydrogen-bond acceptors (Lipinski definition) is 10. The van der Waals surface area contributed by atoms with Crippen LogP contribution in [0.4, 0.5) is 4.39 Å². The predicted octanol–water partition coefficient (Wildman–Crippen LogP) is 3.21. The second-order valence-corrected chi connectivity index (χ2v) is 11.8. The maximum atomic E-state index is 12.6. The minimum absolute atomic E-state index is 0.0198. The van der Waals surface area contributed by atoms with Gasteiger partial charge in [0.2, 0.25) is 17.7 Å². The number of rotatable bonds is 12. The highest BCUT2D eigenvalue weighted by Gasteiger charge is 2.29. The molecule has 5 N–H and O–H groups in total. The van der Waals surface area contributed by atoms with Gasteiger partial charge in [-0.05, 0) is 48.7 Å². The van der Waals surface area contributed by atoms with Crippen molar-refractivity contribution in [2.24, 2.45) is 5.92 Å². The first-order valence-corrected chi connectivity index (χ1v) is 15.6. The summed E-state index contributed by atoms with van der Waals surface area (Å²) >= 11 is 0. The molecule has 14 nitrogen and oxygen atoms in total. The van der Waals surface area contributed by atoms with Gasteiger partial charge in [-0.2, -0.15) is 0 Å². The molecule has 4 rings (SSSR count). The Hall–Kier alpha value is -6.12. The van der Waals surface area contributed by atoms with E-state index in [-0.39, 0.29) is 22.7 Å². The number of fused-ring (bicyclic) bond motifs is 2. The summed E-state index contributed by atoms with van der Waals surface area (Å²) in [6.45, 7) is 4.70. The smallest absolute Gasteiger partial charge is 0.336 e. The highest BCUT2D eigenvalue weighted by Crippen LogP contribution is 2.41. The molecule has 0 saturated heterocycles. The number of halogens is 1. The summed E-state index contributed by atoms with van der Waals surface area (Å²) in [4.78, 5) is 81.7. The Balaban J connectivity index is 0.000000275. The number of esters is 1. The molecule has 0 saturated carbocycles. The average molecular weight is 708 g/mol. The number of carboxylic acids is 1. The number of carbonyl (C=O) groups is 6. The molecule has 2 aromatic rings. The van der Waals surface area contributed by atoms with Crippen molar-refractivity contribution < 1.29 is 52.5 Å². The van der Waals surface area contributed by atoms with Crippen molar-refractivity contribution in [3.05, 3.63) is 76.5 Å². The molecular formula is C36H38FN3O11. The lowest BCUT2D eigenvalue weighted by atomic mass is 9.91. The van der Waals surface area contributed by atoms with E-state index in [1.807, 2.05) is 0 Å². The van der Waals surface area contributed by atoms with E-state index in [1.165, 1.54) is 44.2 Å². The maximum absolute atomic E-state index is 12.6. The molecule has 3 atom stereocenters. The summed E-state index contributed by atoms with van der Waals surface area (Å²) in [5, 5.41) is 27.0. The van der Waals surface area contributed by atoms with E-state index < -0.39 is 66.7 Å². The lowest BCUT2D eigenvalue weighted by Gasteiger charge is -2.24. The second kappa shape index (κ2) is 17.5. The Morgan fingerprint density at radius 2 is 1.57 bits per heavy atom. The Morgan fingerprint density at radius 1 is 0.882 bits per heavy atom. The highest BCUT2D eigenvalue weighted by atomic mass is 19.1. The zero-order chi connectivity index (χ0) is 38.0. The zero-order valence-electron chi connectivity index (χ0n) is 28.4. The molecule has 1 aliphatic carbocycles. The second-order valence-electron chi connectivity index (χ2n) is 11.8. The molecule has 2 aromatic carbocycles. The van der Waals surface area contributed by atoms with Crippen LogP contribution in [0.3, 0.4) is 0 Å². The number of ether oxygens (including phenoxy) is 1. The van der Waals surface area contributed by atoms with Crippen molar-refractivity contribution in [1.29, 1.82) is 0 Å². The number of carboxylic acid groups (broad SMARTS) is 1. The molecule has 0 bridgehead atoms. The molecule has 51 heavy (non-hydrogen) atoms. The SMILES string of the molecule is COC(=O)CC(NC(=O)C(C)NC(=O)C(NC(C)=O)C(C)C)C(=O)CF.O=C(O)c1ccccc1-c1c2ccc(=O)cc-2oc2cc(O)ccc12. The number of alkyl halides is 1. The van der Waals surface area contributed by atoms with Gasteiger partial charge in [0, 0.05) is 35.6 Å². The third-order valence-electron chi connectivity index (χ3n) is 7.60. The molecule has 270 valence electrons. The van der Waals surface area contributed by atoms with E-state index in [4.69, 9.17) is 4.42 Å². The number of phenolic OH excluding ortho intramolecular Hbond substituents is 1. The molecule has 1 heterocycles. The fourth-order valence-corrected chi connectivity index (χ4v) is 5.04. The summed E-state index contributed by atoms with van der Waals surface area (Å²) < 4.78 is 22.8. The summed E-state index contributed by atoms with van der Waals surface area (Å²) in [6.07, 6.45) is -0.522. The molecule has 1 aliphatic heterocycles. The van der Waals surface area contributed by atoms with Gasteiger partial charge in [0.15, 0.2) is 11.2 Å². The first-order chi connectivity index (χ1) is 24.1. The molecular weight excluding hydrogens is 669 g/mol. The molecule has 3 unspecified atom stereocenters. The summed E-state index contributed by atoms with van der Waals surface area (Å²) in [7, 11) is 1.10. The van der Waals surface area contributed by atoms with Crippen LogP contribution < -0.4 is 21.4 Å². The topological polar surface area (TPSA) is 218 Å². The van der Waals surface area contributed by atoms with Gasteiger partial charge < -0.3 is 35.3 Å². The van der Waals surface area contributed by atoms with Crippen LogP contribution in [0.5, 0.6) is 5.75 Å². The normalized spacial score (nSPS) is 12.5. The van der Waals surface area contributed by atoms with Gasteiger partial charge >= 0.3 is 11.9 Å². The molecule has 3 amide bonds. The van der Waals surface area contributed by atoms with Gasteiger partial charge in [0.05, 0.1) is 19.1 Å². The van der Waals surface area contributed by atoms with Crippen LogP contribution in [0.2, 0.25) is 0 Å². The van der Waals surface area contributed by atoms with Crippen LogP contribution in [0.25, 0.3) is 33.4 Å². The van der Waals surface area contributed by atoms with Gasteiger partial charge in [0.25, 0.3) is 0 Å². The van der Waals surface area contributed by atoms with Gasteiger partial charge in [0.1, 0.15) is 41.9 Å². The molecule has 15 heteroatoms. The summed E-state index contributed by atoms with van der Waals surface area (Å²) in [6, 6.07) is 12.4. The molecule has 0 radical (unpaired) electrons. The Kier molecular flexibility index (Phi) is 13.5. The average Bonchev–Trinajstić information content (AvgIpc) is 3.08. The minimum atomic E-state index is -1.39. The van der Waals surface area contributed by atoms with Crippen molar-refractivity contribution in [1.82, 2.24) is 16.0 Å². The molecule has 0 fully saturated rings. The fourth-order valence-electron chi connectivity index (χ4n) is 5.04. The van der Waals surface area contributed by atoms with Crippen molar-refractivity contribution in [3.63, 3.8) is 0 Å². The van der Waals surface area contributed by atoms with Gasteiger partial charge in [-0.1, -0.05) is 32.0 Å². The van der Waals surface area contributed by atoms with E-state index in [9.17, 15) is 48.2 Å². The zero-order valence-corrected chi connectivity index (χ0v) is 28.4. The number of Topliss-reactive ketones (excluding diaryl/α,β-unsaturated/α-hetero) is 1. The predicted molar refractivity (Wildman–Crippen MR) is 183 cm³/mol. The fraction of sp³-hybridized carbons (Fsp3) is 0.306. The number of aromatic carboxylic acids is 1. The Bertz CT molecular complexity index is 1970. The van der Waals surface area contributed by atoms with Crippen molar-refractivity contribution in [2.45, 2.75) is 52.2 Å². The number of amides is 3. The number of phenols is 1. The lowest BCUT2D eigenvalue weighted by molar-refractivity contribution is -0.143. The van der Waals surface area contributed by atoms with Crippen LogP contribution in [0.15, 0.2) is 69.9 Å². The van der Waals surface area contributed by atoms with Crippen molar-refractivity contribution >= 4 is 46.4 Å². The van der Waals surface area contributed by atoms with Crippen LogP contribution >= 0.6 is 0 Å². The highest BCUT2D eigenvalue weighted by molar-refractivity contribution is 6.07. The Morgan fingerprint density at radius 3 is 2.18 bits per heavy atom. The van der Waals surface area contributed by atoms with Crippen molar-refractivity contribution in [3.8, 4) is 28.2 Å². The number of methoxy groups -OCH3 is 1. The van der Waals surface area contributed by atoms with Gasteiger partial charge in [-0.25, -0.2) is 9.18 Å². The lowest BCUT2D eigenvalue weighted by Crippen LogP contribution is -2.56. The number of ketones is 1. The van der Waals surface area contributed by atoms with E-state index in [0.29, 0.717) is 33.4 Å². The number of nitrogens with one attached hydrogen (secondary N) is 3. The van der Waals surface area contributed by atoms with E-state index in [2.05, 4.69) is 20.7 Å². The van der Waals surface area contributed by atoms with E-state index >= 15 is 0 Å². The minimum Gasteiger partial charge on any atom is -0.508 e. The van der Waals surface area contributed by atoms with Crippen LogP contribution in [0.1, 0.15) is 44.5 Å². The van der Waals surface area contributed by atoms with Crippen molar-refractivity contribution in [2.75, 3.05) is 13.8 Å². The van der Waals surface area contributed by atoms with E-state index in [0.717, 1.165) is 7.11 Å². The molecule has 0 aromatic heterocycles. The van der Waals surface area contributed by atoms with E-state index in [1.54, 1.807) is 44.2 Å². The first kappa shape index (κ1) is 39.3. The monoisotopic (exact) mass is 707 g/mol. The van der Waals surface area contributed by atoms with Gasteiger partial charge in [-0.3, -0.25) is 28.8 Å². The number of carbonyl (C=O) groups excluding carboxylic acids is 5. The maximum Gasteiger partial charge on any atom is 0.336 e. The third-order valence-corrected chi connectivity index (χ3v) is 7.60. The number of aromatic hydroxyl groups is 1.